The number of rotatable bonds is 5. The molecule has 0 spiro atoms. The fourth-order valence-corrected chi connectivity index (χ4v) is 3.25. The van der Waals surface area contributed by atoms with Gasteiger partial charge in [-0.25, -0.2) is 9.37 Å². The highest BCUT2D eigenvalue weighted by Gasteiger charge is 2.09. The van der Waals surface area contributed by atoms with Crippen molar-refractivity contribution in [3.05, 3.63) is 39.6 Å². The Balaban J connectivity index is 2.08. The number of nitrogens with zero attached hydrogens (tertiary/aromatic N) is 1. The van der Waals surface area contributed by atoms with Gasteiger partial charge in [0, 0.05) is 27.7 Å². The number of aromatic nitrogens is 1. The molecule has 0 aliphatic carbocycles. The number of hydrogen-bond acceptors (Lipinski definition) is 3. The molecule has 5 heteroatoms. The van der Waals surface area contributed by atoms with Gasteiger partial charge in [0.1, 0.15) is 10.8 Å². The Bertz CT molecular complexity index is 554. The Hall–Kier alpha value is -0.780. The van der Waals surface area contributed by atoms with E-state index in [2.05, 4.69) is 40.1 Å². The molecule has 0 unspecified atom stereocenters. The van der Waals surface area contributed by atoms with Crippen LogP contribution in [0.25, 0.3) is 10.6 Å². The zero-order chi connectivity index (χ0) is 13.8. The summed E-state index contributed by atoms with van der Waals surface area (Å²) in [6, 6.07) is 4.68. The third-order valence-corrected chi connectivity index (χ3v) is 4.25. The van der Waals surface area contributed by atoms with E-state index in [0.717, 1.165) is 28.1 Å². The molecule has 0 radical (unpaired) electrons. The third kappa shape index (κ3) is 4.09. The van der Waals surface area contributed by atoms with Crippen LogP contribution in [0.2, 0.25) is 0 Å². The summed E-state index contributed by atoms with van der Waals surface area (Å²) in [5, 5.41) is 4.30. The van der Waals surface area contributed by atoms with Crippen molar-refractivity contribution in [1.29, 1.82) is 0 Å². The predicted molar refractivity (Wildman–Crippen MR) is 81.8 cm³/mol. The molecule has 1 aromatic carbocycles. The molecule has 0 amide bonds. The fourth-order valence-electron chi connectivity index (χ4n) is 1.66. The molecule has 1 heterocycles. The molecule has 1 aromatic heterocycles. The molecule has 0 fully saturated rings. The summed E-state index contributed by atoms with van der Waals surface area (Å²) in [6.07, 6.45) is 1.88. The minimum atomic E-state index is -0.244. The highest BCUT2D eigenvalue weighted by molar-refractivity contribution is 9.10. The Labute approximate surface area is 125 Å². The van der Waals surface area contributed by atoms with Gasteiger partial charge < -0.3 is 5.32 Å². The predicted octanol–water partition coefficient (Wildman–Crippen LogP) is 4.46. The van der Waals surface area contributed by atoms with Crippen LogP contribution in [0.15, 0.2) is 28.9 Å². The van der Waals surface area contributed by atoms with Crippen LogP contribution >= 0.6 is 27.3 Å². The lowest BCUT2D eigenvalue weighted by molar-refractivity contribution is 0.554. The smallest absolute Gasteiger partial charge is 0.124 e. The Kier molecular flexibility index (Phi) is 5.07. The van der Waals surface area contributed by atoms with Crippen molar-refractivity contribution in [2.24, 2.45) is 5.92 Å². The summed E-state index contributed by atoms with van der Waals surface area (Å²) < 4.78 is 13.8. The minimum Gasteiger partial charge on any atom is -0.312 e. The van der Waals surface area contributed by atoms with E-state index >= 15 is 0 Å². The number of benzene rings is 1. The number of thiazole rings is 1. The van der Waals surface area contributed by atoms with Crippen molar-refractivity contribution < 1.29 is 4.39 Å². The average Bonchev–Trinajstić information content (AvgIpc) is 2.77. The zero-order valence-electron chi connectivity index (χ0n) is 10.9. The van der Waals surface area contributed by atoms with E-state index in [9.17, 15) is 4.39 Å². The van der Waals surface area contributed by atoms with Crippen molar-refractivity contribution >= 4 is 27.3 Å². The monoisotopic (exact) mass is 342 g/mol. The van der Waals surface area contributed by atoms with Crippen LogP contribution in [-0.2, 0) is 6.54 Å². The standard InChI is InChI=1S/C14H16BrFN2S/c1-9(2)6-17-7-11-8-18-14(19-11)12-4-3-10(16)5-13(12)15/h3-5,8-9,17H,6-7H2,1-2H3. The Morgan fingerprint density at radius 3 is 2.89 bits per heavy atom. The van der Waals surface area contributed by atoms with Gasteiger partial charge in [-0.05, 0) is 46.6 Å². The SMILES string of the molecule is CC(C)CNCc1cnc(-c2ccc(F)cc2Br)s1. The van der Waals surface area contributed by atoms with E-state index in [-0.39, 0.29) is 5.82 Å². The topological polar surface area (TPSA) is 24.9 Å². The molecule has 2 rings (SSSR count). The fraction of sp³-hybridized carbons (Fsp3) is 0.357. The molecule has 0 saturated heterocycles. The van der Waals surface area contributed by atoms with Crippen molar-refractivity contribution in [2.45, 2.75) is 20.4 Å². The molecule has 0 aliphatic rings. The Morgan fingerprint density at radius 2 is 2.21 bits per heavy atom. The van der Waals surface area contributed by atoms with Gasteiger partial charge in [0.25, 0.3) is 0 Å². The highest BCUT2D eigenvalue weighted by Crippen LogP contribution is 2.31. The van der Waals surface area contributed by atoms with Gasteiger partial charge >= 0.3 is 0 Å². The number of halogens is 2. The molecule has 0 saturated carbocycles. The molecule has 1 N–H and O–H groups in total. The summed E-state index contributed by atoms with van der Waals surface area (Å²) in [4.78, 5) is 5.59. The van der Waals surface area contributed by atoms with Crippen LogP contribution in [-0.4, -0.2) is 11.5 Å². The first-order valence-electron chi connectivity index (χ1n) is 6.17. The van der Waals surface area contributed by atoms with Gasteiger partial charge in [0.15, 0.2) is 0 Å². The van der Waals surface area contributed by atoms with E-state index in [4.69, 9.17) is 0 Å². The molecule has 0 aliphatic heterocycles. The zero-order valence-corrected chi connectivity index (χ0v) is 13.3. The van der Waals surface area contributed by atoms with Crippen LogP contribution in [0, 0.1) is 11.7 Å². The van der Waals surface area contributed by atoms with Crippen LogP contribution in [0.4, 0.5) is 4.39 Å². The molecule has 19 heavy (non-hydrogen) atoms. The van der Waals surface area contributed by atoms with Crippen molar-refractivity contribution in [3.63, 3.8) is 0 Å². The molecule has 2 aromatic rings. The minimum absolute atomic E-state index is 0.244. The van der Waals surface area contributed by atoms with Crippen LogP contribution in [0.3, 0.4) is 0 Å². The average molecular weight is 343 g/mol. The van der Waals surface area contributed by atoms with Crippen LogP contribution in [0.1, 0.15) is 18.7 Å². The first-order valence-corrected chi connectivity index (χ1v) is 7.78. The van der Waals surface area contributed by atoms with Gasteiger partial charge in [0.2, 0.25) is 0 Å². The van der Waals surface area contributed by atoms with Gasteiger partial charge in [-0.15, -0.1) is 11.3 Å². The summed E-state index contributed by atoms with van der Waals surface area (Å²) in [5.74, 6) is 0.393. The molecule has 0 bridgehead atoms. The number of nitrogens with one attached hydrogen (secondary N) is 1. The second kappa shape index (κ2) is 6.59. The summed E-state index contributed by atoms with van der Waals surface area (Å²) >= 11 is 5.01. The van der Waals surface area contributed by atoms with E-state index in [0.29, 0.717) is 5.92 Å². The van der Waals surface area contributed by atoms with E-state index in [1.54, 1.807) is 17.4 Å². The van der Waals surface area contributed by atoms with Crippen LogP contribution in [0.5, 0.6) is 0 Å². The summed E-state index contributed by atoms with van der Waals surface area (Å²) in [7, 11) is 0. The van der Waals surface area contributed by atoms with E-state index in [1.807, 2.05) is 6.20 Å². The van der Waals surface area contributed by atoms with Crippen LogP contribution < -0.4 is 5.32 Å². The van der Waals surface area contributed by atoms with Crippen molar-refractivity contribution in [2.75, 3.05) is 6.54 Å². The maximum Gasteiger partial charge on any atom is 0.124 e. The Morgan fingerprint density at radius 1 is 1.42 bits per heavy atom. The highest BCUT2D eigenvalue weighted by atomic mass is 79.9. The van der Waals surface area contributed by atoms with Crippen molar-refractivity contribution in [1.82, 2.24) is 10.3 Å². The lowest BCUT2D eigenvalue weighted by Crippen LogP contribution is -2.18. The number of hydrogen-bond donors (Lipinski definition) is 1. The first kappa shape index (κ1) is 14.6. The lowest BCUT2D eigenvalue weighted by Gasteiger charge is -2.04. The quantitative estimate of drug-likeness (QED) is 0.867. The van der Waals surface area contributed by atoms with Gasteiger partial charge in [-0.3, -0.25) is 0 Å². The maximum absolute atomic E-state index is 13.1. The maximum atomic E-state index is 13.1. The van der Waals surface area contributed by atoms with Gasteiger partial charge in [-0.2, -0.15) is 0 Å². The molecule has 2 nitrogen and oxygen atoms in total. The van der Waals surface area contributed by atoms with Gasteiger partial charge in [0.05, 0.1) is 0 Å². The normalized spacial score (nSPS) is 11.2. The molecular weight excluding hydrogens is 327 g/mol. The largest absolute Gasteiger partial charge is 0.312 e. The summed E-state index contributed by atoms with van der Waals surface area (Å²) in [5.41, 5.74) is 0.932. The molecule has 102 valence electrons. The third-order valence-electron chi connectivity index (χ3n) is 2.57. The lowest BCUT2D eigenvalue weighted by atomic mass is 10.2. The van der Waals surface area contributed by atoms with Crippen molar-refractivity contribution in [3.8, 4) is 10.6 Å². The second-order valence-corrected chi connectivity index (χ2v) is 6.75. The first-order chi connectivity index (χ1) is 9.06. The van der Waals surface area contributed by atoms with E-state index < -0.39 is 0 Å². The molecular formula is C14H16BrFN2S. The second-order valence-electron chi connectivity index (χ2n) is 4.78. The van der Waals surface area contributed by atoms with Gasteiger partial charge in [-0.1, -0.05) is 13.8 Å². The van der Waals surface area contributed by atoms with E-state index in [1.165, 1.54) is 17.0 Å². The summed E-state index contributed by atoms with van der Waals surface area (Å²) in [6.45, 7) is 6.18. The molecule has 0 atom stereocenters.